The van der Waals surface area contributed by atoms with E-state index in [1.807, 2.05) is 28.8 Å². The van der Waals surface area contributed by atoms with Crippen molar-refractivity contribution in [2.75, 3.05) is 5.32 Å². The molecule has 6 nitrogen and oxygen atoms in total. The summed E-state index contributed by atoms with van der Waals surface area (Å²) >= 11 is 3.45. The Bertz CT molecular complexity index is 1270. The van der Waals surface area contributed by atoms with Crippen LogP contribution in [0.4, 0.5) is 14.7 Å². The normalized spacial score (nSPS) is 18.7. The van der Waals surface area contributed by atoms with E-state index in [4.69, 9.17) is 9.47 Å². The molecule has 0 bridgehead atoms. The van der Waals surface area contributed by atoms with Gasteiger partial charge in [-0.3, -0.25) is 4.57 Å². The van der Waals surface area contributed by atoms with Crippen molar-refractivity contribution in [1.29, 1.82) is 0 Å². The number of nitrogens with zero attached hydrogens (tertiary/aromatic N) is 2. The first-order chi connectivity index (χ1) is 16.4. The lowest BCUT2D eigenvalue weighted by Gasteiger charge is -2.32. The molecule has 3 aromatic rings. The highest BCUT2D eigenvalue weighted by Crippen LogP contribution is 2.44. The zero-order valence-corrected chi connectivity index (χ0v) is 20.1. The highest BCUT2D eigenvalue weighted by molar-refractivity contribution is 9.10. The molecule has 2 aliphatic rings. The van der Waals surface area contributed by atoms with E-state index in [1.165, 1.54) is 6.07 Å². The molecule has 2 heterocycles. The van der Waals surface area contributed by atoms with Gasteiger partial charge in [0.25, 0.3) is 0 Å². The number of aromatic nitrogens is 2. The van der Waals surface area contributed by atoms with Crippen molar-refractivity contribution in [1.82, 2.24) is 9.55 Å². The maximum Gasteiger partial charge on any atom is 0.387 e. The number of benzene rings is 2. The van der Waals surface area contributed by atoms with Crippen LogP contribution in [0.25, 0.3) is 11.0 Å². The monoisotopic (exact) mass is 531 g/mol. The van der Waals surface area contributed by atoms with Gasteiger partial charge in [-0.2, -0.15) is 8.78 Å². The number of hydrogen-bond acceptors (Lipinski definition) is 5. The van der Waals surface area contributed by atoms with Gasteiger partial charge in [0.1, 0.15) is 11.9 Å². The third-order valence-electron chi connectivity index (χ3n) is 6.36. The number of hydrogen-bond donors (Lipinski definition) is 1. The summed E-state index contributed by atoms with van der Waals surface area (Å²) in [5.41, 5.74) is 2.80. The van der Waals surface area contributed by atoms with E-state index in [-0.39, 0.29) is 11.9 Å². The lowest BCUT2D eigenvalue weighted by atomic mass is 9.93. The van der Waals surface area contributed by atoms with E-state index in [9.17, 15) is 13.6 Å². The lowest BCUT2D eigenvalue weighted by molar-refractivity contribution is -0.146. The van der Waals surface area contributed by atoms with Crippen molar-refractivity contribution in [2.45, 2.75) is 57.8 Å². The van der Waals surface area contributed by atoms with Crippen molar-refractivity contribution in [3.05, 3.63) is 63.8 Å². The molecule has 0 amide bonds. The summed E-state index contributed by atoms with van der Waals surface area (Å²) in [6, 6.07) is 11.5. The molecule has 9 heteroatoms. The number of anilines is 1. The van der Waals surface area contributed by atoms with Crippen LogP contribution in [0, 0.1) is 0 Å². The lowest BCUT2D eigenvalue weighted by Crippen LogP contribution is -2.31. The molecule has 0 unspecified atom stereocenters. The highest BCUT2D eigenvalue weighted by atomic mass is 79.9. The molecule has 0 radical (unpaired) electrons. The molecule has 1 aliphatic heterocycles. The molecule has 34 heavy (non-hydrogen) atoms. The van der Waals surface area contributed by atoms with Crippen LogP contribution in [-0.4, -0.2) is 28.2 Å². The average Bonchev–Trinajstić information content (AvgIpc) is 3.17. The fourth-order valence-electron chi connectivity index (χ4n) is 4.86. The second-order valence-corrected chi connectivity index (χ2v) is 9.50. The SMILES string of the molecule is CC1=C(C(=O)OC2CCCCC2)[C@@H](c2cc(Br)ccc2OC(F)F)n2c(nc3ccccc32)N1. The Morgan fingerprint density at radius 3 is 2.71 bits per heavy atom. The van der Waals surface area contributed by atoms with Crippen LogP contribution < -0.4 is 10.1 Å². The largest absolute Gasteiger partial charge is 0.459 e. The van der Waals surface area contributed by atoms with Gasteiger partial charge >= 0.3 is 12.6 Å². The van der Waals surface area contributed by atoms with Crippen molar-refractivity contribution >= 4 is 38.9 Å². The number of para-hydroxylation sites is 2. The predicted octanol–water partition coefficient (Wildman–Crippen LogP) is 6.57. The Balaban J connectivity index is 1.68. The molecule has 1 fully saturated rings. The second kappa shape index (κ2) is 9.37. The Labute approximate surface area is 204 Å². The van der Waals surface area contributed by atoms with Crippen LogP contribution in [0.15, 0.2) is 58.2 Å². The number of fused-ring (bicyclic) bond motifs is 3. The summed E-state index contributed by atoms with van der Waals surface area (Å²) in [4.78, 5) is 18.3. The van der Waals surface area contributed by atoms with E-state index >= 15 is 0 Å². The number of nitrogens with one attached hydrogen (secondary N) is 1. The molecule has 1 atom stereocenters. The molecule has 1 N–H and O–H groups in total. The number of carbonyl (C=O) groups excluding carboxylic acids is 1. The standard InChI is InChI=1S/C25H24BrF2N3O3/c1-14-21(23(32)33-16-7-3-2-4-8-16)22(17-13-15(26)11-12-20(17)34-24(27)28)31-19-10-6-5-9-18(19)30-25(31)29-14/h5-6,9-13,16,22,24H,2-4,7-8H2,1H3,(H,29,30)/t22-/m1/s1. The van der Waals surface area contributed by atoms with Gasteiger partial charge in [0.15, 0.2) is 0 Å². The number of imidazole rings is 1. The molecule has 0 saturated heterocycles. The van der Waals surface area contributed by atoms with E-state index in [1.54, 1.807) is 19.1 Å². The summed E-state index contributed by atoms with van der Waals surface area (Å²) in [5.74, 6) is 0.0405. The minimum atomic E-state index is -3.01. The van der Waals surface area contributed by atoms with E-state index < -0.39 is 18.6 Å². The Kier molecular flexibility index (Phi) is 6.29. The number of esters is 1. The van der Waals surface area contributed by atoms with Gasteiger partial charge in [-0.1, -0.05) is 34.5 Å². The number of allylic oxidation sites excluding steroid dienone is 1. The number of halogens is 3. The van der Waals surface area contributed by atoms with Crippen LogP contribution in [0.2, 0.25) is 0 Å². The minimum absolute atomic E-state index is 0.00963. The Morgan fingerprint density at radius 2 is 1.94 bits per heavy atom. The maximum atomic E-state index is 13.6. The van der Waals surface area contributed by atoms with Crippen LogP contribution in [0.1, 0.15) is 50.6 Å². The van der Waals surface area contributed by atoms with Crippen LogP contribution in [-0.2, 0) is 9.53 Å². The van der Waals surface area contributed by atoms with Crippen molar-refractivity contribution < 1.29 is 23.0 Å². The first-order valence-electron chi connectivity index (χ1n) is 11.3. The molecule has 5 rings (SSSR count). The van der Waals surface area contributed by atoms with Gasteiger partial charge < -0.3 is 14.8 Å². The highest BCUT2D eigenvalue weighted by Gasteiger charge is 2.38. The van der Waals surface area contributed by atoms with Gasteiger partial charge in [0.2, 0.25) is 5.95 Å². The summed E-state index contributed by atoms with van der Waals surface area (Å²) in [7, 11) is 0. The molecule has 0 spiro atoms. The van der Waals surface area contributed by atoms with Gasteiger partial charge in [-0.25, -0.2) is 9.78 Å². The van der Waals surface area contributed by atoms with Gasteiger partial charge in [-0.15, -0.1) is 0 Å². The number of ether oxygens (including phenoxy) is 2. The van der Waals surface area contributed by atoms with Crippen LogP contribution in [0.5, 0.6) is 5.75 Å². The Hall–Kier alpha value is -2.94. The minimum Gasteiger partial charge on any atom is -0.459 e. The molecule has 178 valence electrons. The Morgan fingerprint density at radius 1 is 1.18 bits per heavy atom. The van der Waals surface area contributed by atoms with Crippen molar-refractivity contribution in [3.8, 4) is 5.75 Å². The van der Waals surface area contributed by atoms with Gasteiger partial charge in [-0.05, 0) is 62.9 Å². The smallest absolute Gasteiger partial charge is 0.387 e. The van der Waals surface area contributed by atoms with Crippen LogP contribution in [0.3, 0.4) is 0 Å². The first-order valence-corrected chi connectivity index (χ1v) is 12.1. The third kappa shape index (κ3) is 4.29. The summed E-state index contributed by atoms with van der Waals surface area (Å²) < 4.78 is 40.0. The van der Waals surface area contributed by atoms with E-state index in [2.05, 4.69) is 26.2 Å². The topological polar surface area (TPSA) is 65.4 Å². The third-order valence-corrected chi connectivity index (χ3v) is 6.85. The number of carbonyl (C=O) groups is 1. The summed E-state index contributed by atoms with van der Waals surface area (Å²) in [6.07, 6.45) is 4.68. The summed E-state index contributed by atoms with van der Waals surface area (Å²) in [6.45, 7) is -1.23. The molecular weight excluding hydrogens is 508 g/mol. The molecule has 2 aromatic carbocycles. The number of alkyl halides is 2. The summed E-state index contributed by atoms with van der Waals surface area (Å²) in [5, 5.41) is 3.22. The molecular formula is C25H24BrF2N3O3. The van der Waals surface area contributed by atoms with Gasteiger partial charge in [0, 0.05) is 15.7 Å². The van der Waals surface area contributed by atoms with Crippen molar-refractivity contribution in [3.63, 3.8) is 0 Å². The number of rotatable bonds is 5. The van der Waals surface area contributed by atoms with Crippen LogP contribution >= 0.6 is 15.9 Å². The first kappa shape index (κ1) is 22.8. The van der Waals surface area contributed by atoms with Gasteiger partial charge in [0.05, 0.1) is 22.6 Å². The zero-order valence-electron chi connectivity index (χ0n) is 18.6. The van der Waals surface area contributed by atoms with E-state index in [0.717, 1.165) is 43.1 Å². The zero-order chi connectivity index (χ0) is 23.8. The predicted molar refractivity (Wildman–Crippen MR) is 128 cm³/mol. The fourth-order valence-corrected chi connectivity index (χ4v) is 5.24. The molecule has 1 aliphatic carbocycles. The fraction of sp³-hybridized carbons (Fsp3) is 0.360. The second-order valence-electron chi connectivity index (χ2n) is 8.59. The maximum absolute atomic E-state index is 13.6. The molecule has 1 aromatic heterocycles. The molecule has 1 saturated carbocycles. The van der Waals surface area contributed by atoms with Crippen molar-refractivity contribution in [2.24, 2.45) is 0 Å². The quantitative estimate of drug-likeness (QED) is 0.377. The van der Waals surface area contributed by atoms with E-state index in [0.29, 0.717) is 27.3 Å². The average molecular weight is 532 g/mol.